The summed E-state index contributed by atoms with van der Waals surface area (Å²) >= 11 is 0. The van der Waals surface area contributed by atoms with Gasteiger partial charge in [-0.15, -0.1) is 0 Å². The number of aliphatic hydroxyl groups excluding tert-OH is 1. The number of methoxy groups -OCH3 is 1. The van der Waals surface area contributed by atoms with E-state index < -0.39 is 0 Å². The van der Waals surface area contributed by atoms with E-state index in [-0.39, 0.29) is 11.5 Å². The molecule has 1 rings (SSSR count). The number of likely N-dealkylation sites (N-methyl/N-ethyl adjacent to an activating group) is 1. The van der Waals surface area contributed by atoms with Crippen molar-refractivity contribution in [2.45, 2.75) is 46.1 Å². The molecule has 0 spiro atoms. The van der Waals surface area contributed by atoms with Crippen molar-refractivity contribution in [3.8, 4) is 0 Å². The molecule has 2 atom stereocenters. The van der Waals surface area contributed by atoms with Gasteiger partial charge in [-0.1, -0.05) is 27.2 Å². The van der Waals surface area contributed by atoms with Crippen LogP contribution in [0.25, 0.3) is 0 Å². The largest absolute Gasteiger partial charge is 0.392 e. The fourth-order valence-corrected chi connectivity index (χ4v) is 2.89. The lowest BCUT2D eigenvalue weighted by Gasteiger charge is -2.42. The molecule has 1 aliphatic carbocycles. The highest BCUT2D eigenvalue weighted by Gasteiger charge is 2.37. The van der Waals surface area contributed by atoms with Gasteiger partial charge < -0.3 is 14.7 Å². The van der Waals surface area contributed by atoms with Gasteiger partial charge in [0.25, 0.3) is 0 Å². The van der Waals surface area contributed by atoms with Crippen molar-refractivity contribution in [3.63, 3.8) is 0 Å². The molecule has 0 aliphatic heterocycles. The van der Waals surface area contributed by atoms with Gasteiger partial charge in [-0.25, -0.2) is 0 Å². The topological polar surface area (TPSA) is 32.7 Å². The molecule has 3 nitrogen and oxygen atoms in total. The molecule has 0 amide bonds. The highest BCUT2D eigenvalue weighted by atomic mass is 16.5. The maximum atomic E-state index is 10.4. The monoisotopic (exact) mass is 243 g/mol. The van der Waals surface area contributed by atoms with E-state index in [1.54, 1.807) is 7.11 Å². The van der Waals surface area contributed by atoms with Crippen LogP contribution in [0.5, 0.6) is 0 Å². The quantitative estimate of drug-likeness (QED) is 0.776. The molecule has 0 radical (unpaired) electrons. The van der Waals surface area contributed by atoms with E-state index in [1.807, 2.05) is 0 Å². The first-order chi connectivity index (χ1) is 8.01. The van der Waals surface area contributed by atoms with Crippen LogP contribution >= 0.6 is 0 Å². The molecule has 0 aromatic heterocycles. The van der Waals surface area contributed by atoms with Crippen LogP contribution < -0.4 is 0 Å². The van der Waals surface area contributed by atoms with Gasteiger partial charge in [0.15, 0.2) is 0 Å². The Balaban J connectivity index is 2.48. The van der Waals surface area contributed by atoms with E-state index in [0.717, 1.165) is 39.1 Å². The van der Waals surface area contributed by atoms with Crippen molar-refractivity contribution >= 4 is 0 Å². The van der Waals surface area contributed by atoms with E-state index in [2.05, 4.69) is 25.7 Å². The summed E-state index contributed by atoms with van der Waals surface area (Å²) in [5.41, 5.74) is 0.0869. The smallest absolute Gasteiger partial charge is 0.0631 e. The zero-order valence-corrected chi connectivity index (χ0v) is 11.9. The fraction of sp³-hybridized carbons (Fsp3) is 1.00. The average Bonchev–Trinajstić information content (AvgIpc) is 2.29. The lowest BCUT2D eigenvalue weighted by atomic mass is 9.69. The second-order valence-electron chi connectivity index (χ2n) is 5.97. The highest BCUT2D eigenvalue weighted by molar-refractivity contribution is 4.89. The first-order valence-electron chi connectivity index (χ1n) is 6.90. The minimum absolute atomic E-state index is 0.0869. The molecule has 1 N–H and O–H groups in total. The van der Waals surface area contributed by atoms with Crippen molar-refractivity contribution in [1.29, 1.82) is 0 Å². The zero-order chi connectivity index (χ0) is 12.9. The molecule has 1 fully saturated rings. The van der Waals surface area contributed by atoms with Gasteiger partial charge in [0.2, 0.25) is 0 Å². The summed E-state index contributed by atoms with van der Waals surface area (Å²) < 4.78 is 5.13. The fourth-order valence-electron chi connectivity index (χ4n) is 2.89. The van der Waals surface area contributed by atoms with E-state index >= 15 is 0 Å². The van der Waals surface area contributed by atoms with Crippen molar-refractivity contribution in [2.75, 3.05) is 33.4 Å². The molecule has 0 aromatic rings. The van der Waals surface area contributed by atoms with E-state index in [9.17, 15) is 5.11 Å². The molecule has 0 aromatic carbocycles. The third-order valence-electron chi connectivity index (χ3n) is 4.19. The molecular weight excluding hydrogens is 214 g/mol. The molecule has 102 valence electrons. The van der Waals surface area contributed by atoms with E-state index in [0.29, 0.717) is 5.92 Å². The Hall–Kier alpha value is -0.120. The molecule has 0 heterocycles. The molecule has 1 saturated carbocycles. The summed E-state index contributed by atoms with van der Waals surface area (Å²) in [7, 11) is 1.74. The minimum Gasteiger partial charge on any atom is -0.392 e. The summed E-state index contributed by atoms with van der Waals surface area (Å²) in [6.45, 7) is 10.3. The van der Waals surface area contributed by atoms with Crippen LogP contribution in [0, 0.1) is 11.3 Å². The van der Waals surface area contributed by atoms with Gasteiger partial charge in [-0.05, 0) is 30.7 Å². The van der Waals surface area contributed by atoms with Crippen molar-refractivity contribution in [2.24, 2.45) is 11.3 Å². The second-order valence-corrected chi connectivity index (χ2v) is 5.97. The first kappa shape index (κ1) is 14.9. The third kappa shape index (κ3) is 4.23. The number of rotatable bonds is 6. The lowest BCUT2D eigenvalue weighted by Crippen LogP contribution is -2.45. The Labute approximate surface area is 106 Å². The van der Waals surface area contributed by atoms with Crippen LogP contribution in [-0.2, 0) is 4.74 Å². The zero-order valence-electron chi connectivity index (χ0n) is 11.9. The summed E-state index contributed by atoms with van der Waals surface area (Å²) in [5.74, 6) is 0.426. The first-order valence-corrected chi connectivity index (χ1v) is 6.90. The summed E-state index contributed by atoms with van der Waals surface area (Å²) in [4.78, 5) is 2.39. The SMILES string of the molecule is CCN(CCOC)CC1CCCC(C)(C)C1O. The summed E-state index contributed by atoms with van der Waals surface area (Å²) in [6, 6.07) is 0. The number of ether oxygens (including phenoxy) is 1. The van der Waals surface area contributed by atoms with Crippen molar-refractivity contribution in [3.05, 3.63) is 0 Å². The maximum Gasteiger partial charge on any atom is 0.0631 e. The second kappa shape index (κ2) is 6.72. The number of hydrogen-bond donors (Lipinski definition) is 1. The molecule has 1 aliphatic rings. The maximum absolute atomic E-state index is 10.4. The van der Waals surface area contributed by atoms with Gasteiger partial charge >= 0.3 is 0 Å². The van der Waals surface area contributed by atoms with E-state index in [4.69, 9.17) is 4.74 Å². The van der Waals surface area contributed by atoms with Gasteiger partial charge in [-0.2, -0.15) is 0 Å². The van der Waals surface area contributed by atoms with Crippen molar-refractivity contribution < 1.29 is 9.84 Å². The average molecular weight is 243 g/mol. The predicted molar refractivity (Wildman–Crippen MR) is 71.1 cm³/mol. The summed E-state index contributed by atoms with van der Waals surface area (Å²) in [5, 5.41) is 10.4. The van der Waals surface area contributed by atoms with Crippen LogP contribution in [0.4, 0.5) is 0 Å². The molecular formula is C14H29NO2. The lowest BCUT2D eigenvalue weighted by molar-refractivity contribution is -0.0438. The Morgan fingerprint density at radius 2 is 2.12 bits per heavy atom. The molecule has 2 unspecified atom stereocenters. The molecule has 17 heavy (non-hydrogen) atoms. The van der Waals surface area contributed by atoms with Gasteiger partial charge in [0, 0.05) is 20.2 Å². The molecule has 0 bridgehead atoms. The number of nitrogens with zero attached hydrogens (tertiary/aromatic N) is 1. The Bertz CT molecular complexity index is 218. The third-order valence-corrected chi connectivity index (χ3v) is 4.19. The van der Waals surface area contributed by atoms with Gasteiger partial charge in [0.1, 0.15) is 0 Å². The summed E-state index contributed by atoms with van der Waals surface area (Å²) in [6.07, 6.45) is 3.40. The van der Waals surface area contributed by atoms with Crippen LogP contribution in [0.15, 0.2) is 0 Å². The number of hydrogen-bond acceptors (Lipinski definition) is 3. The minimum atomic E-state index is -0.159. The Morgan fingerprint density at radius 3 is 2.71 bits per heavy atom. The van der Waals surface area contributed by atoms with Crippen LogP contribution in [0.2, 0.25) is 0 Å². The highest BCUT2D eigenvalue weighted by Crippen LogP contribution is 2.39. The normalized spacial score (nSPS) is 28.6. The standard InChI is InChI=1S/C14H29NO2/c1-5-15(9-10-17-4)11-12-7-6-8-14(2,3)13(12)16/h12-13,16H,5-11H2,1-4H3. The Kier molecular flexibility index (Phi) is 5.90. The predicted octanol–water partition coefficient (Wildman–Crippen LogP) is 2.14. The molecule has 3 heteroatoms. The van der Waals surface area contributed by atoms with Crippen LogP contribution in [0.1, 0.15) is 40.0 Å². The number of aliphatic hydroxyl groups is 1. The Morgan fingerprint density at radius 1 is 1.41 bits per heavy atom. The van der Waals surface area contributed by atoms with Gasteiger partial charge in [-0.3, -0.25) is 0 Å². The van der Waals surface area contributed by atoms with Crippen LogP contribution in [0.3, 0.4) is 0 Å². The van der Waals surface area contributed by atoms with Gasteiger partial charge in [0.05, 0.1) is 12.7 Å². The molecule has 0 saturated heterocycles. The van der Waals surface area contributed by atoms with Crippen LogP contribution in [-0.4, -0.2) is 49.5 Å². The van der Waals surface area contributed by atoms with E-state index in [1.165, 1.54) is 6.42 Å². The van der Waals surface area contributed by atoms with Crippen molar-refractivity contribution in [1.82, 2.24) is 4.90 Å².